The number of non-ortho nitro benzene ring substituents is 1. The largest absolute Gasteiger partial charge is 0.336 e. The van der Waals surface area contributed by atoms with E-state index in [1.807, 2.05) is 13.8 Å². The van der Waals surface area contributed by atoms with E-state index in [-0.39, 0.29) is 23.7 Å². The summed E-state index contributed by atoms with van der Waals surface area (Å²) >= 11 is 1.37. The average molecular weight is 415 g/mol. The summed E-state index contributed by atoms with van der Waals surface area (Å²) < 4.78 is 0. The molecule has 3 rings (SSSR count). The van der Waals surface area contributed by atoms with Crippen molar-refractivity contribution in [2.45, 2.75) is 32.9 Å². The van der Waals surface area contributed by atoms with Crippen LogP contribution in [-0.2, 0) is 17.8 Å². The zero-order valence-electron chi connectivity index (χ0n) is 16.0. The van der Waals surface area contributed by atoms with Crippen LogP contribution in [0.1, 0.15) is 30.0 Å². The van der Waals surface area contributed by atoms with Crippen LogP contribution in [0.3, 0.4) is 0 Å². The second kappa shape index (κ2) is 8.82. The van der Waals surface area contributed by atoms with Crippen molar-refractivity contribution in [1.29, 1.82) is 0 Å². The first kappa shape index (κ1) is 20.5. The van der Waals surface area contributed by atoms with Crippen LogP contribution < -0.4 is 10.6 Å². The molecule has 0 saturated carbocycles. The second-order valence-corrected chi connectivity index (χ2v) is 7.92. The standard InChI is InChI=1S/C19H21N5O4S/c1-12(2)20-18(26)22-19-21-15-9-10-23(11-16(15)29-19)17(25)8-5-13-3-6-14(7-4-13)24(27)28/h3-8,12H,9-11H2,1-2H3,(H2,20,21,22,26)/b8-5+. The van der Waals surface area contributed by atoms with Crippen LogP contribution in [0.4, 0.5) is 15.6 Å². The van der Waals surface area contributed by atoms with Crippen molar-refractivity contribution in [2.24, 2.45) is 0 Å². The van der Waals surface area contributed by atoms with E-state index in [9.17, 15) is 19.7 Å². The fourth-order valence-electron chi connectivity index (χ4n) is 2.81. The molecule has 29 heavy (non-hydrogen) atoms. The maximum absolute atomic E-state index is 12.5. The SMILES string of the molecule is CC(C)NC(=O)Nc1nc2c(s1)CN(C(=O)/C=C/c1ccc([N+](=O)[O-])cc1)CC2. The molecule has 0 spiro atoms. The Bertz CT molecular complexity index is 952. The highest BCUT2D eigenvalue weighted by atomic mass is 32.1. The molecular weight excluding hydrogens is 394 g/mol. The van der Waals surface area contributed by atoms with Crippen molar-refractivity contribution >= 4 is 40.2 Å². The minimum Gasteiger partial charge on any atom is -0.336 e. The van der Waals surface area contributed by atoms with Gasteiger partial charge in [0.25, 0.3) is 5.69 Å². The maximum Gasteiger partial charge on any atom is 0.321 e. The Labute approximate surface area is 171 Å². The zero-order chi connectivity index (χ0) is 21.0. The third-order valence-electron chi connectivity index (χ3n) is 4.21. The number of carbonyl (C=O) groups is 2. The van der Waals surface area contributed by atoms with Crippen LogP contribution >= 0.6 is 11.3 Å². The summed E-state index contributed by atoms with van der Waals surface area (Å²) in [5, 5.41) is 16.7. The monoisotopic (exact) mass is 415 g/mol. The normalized spacial score (nSPS) is 13.4. The minimum absolute atomic E-state index is 0.00808. The fourth-order valence-corrected chi connectivity index (χ4v) is 3.83. The number of rotatable bonds is 5. The molecule has 0 saturated heterocycles. The molecular formula is C19H21N5O4S. The van der Waals surface area contributed by atoms with Gasteiger partial charge in [-0.2, -0.15) is 0 Å². The molecule has 0 bridgehead atoms. The zero-order valence-corrected chi connectivity index (χ0v) is 16.9. The molecule has 10 heteroatoms. The molecule has 0 radical (unpaired) electrons. The minimum atomic E-state index is -0.464. The summed E-state index contributed by atoms with van der Waals surface area (Å²) in [7, 11) is 0. The molecule has 0 atom stereocenters. The van der Waals surface area contributed by atoms with Crippen molar-refractivity contribution in [1.82, 2.24) is 15.2 Å². The Morgan fingerprint density at radius 2 is 2.03 bits per heavy atom. The van der Waals surface area contributed by atoms with E-state index in [4.69, 9.17) is 0 Å². The van der Waals surface area contributed by atoms with E-state index in [0.717, 1.165) is 10.6 Å². The van der Waals surface area contributed by atoms with Crippen molar-refractivity contribution < 1.29 is 14.5 Å². The number of benzene rings is 1. The van der Waals surface area contributed by atoms with Gasteiger partial charge in [0.2, 0.25) is 5.91 Å². The van der Waals surface area contributed by atoms with Crippen LogP contribution in [0.2, 0.25) is 0 Å². The van der Waals surface area contributed by atoms with Gasteiger partial charge in [-0.25, -0.2) is 9.78 Å². The lowest BCUT2D eigenvalue weighted by atomic mass is 10.1. The molecule has 3 amide bonds. The lowest BCUT2D eigenvalue weighted by molar-refractivity contribution is -0.384. The van der Waals surface area contributed by atoms with Gasteiger partial charge in [-0.05, 0) is 37.6 Å². The number of amides is 3. The number of hydrogen-bond acceptors (Lipinski definition) is 6. The number of fused-ring (bicyclic) bond motifs is 1. The number of nitrogens with zero attached hydrogens (tertiary/aromatic N) is 3. The lowest BCUT2D eigenvalue weighted by Gasteiger charge is -2.24. The Hall–Kier alpha value is -3.27. The highest BCUT2D eigenvalue weighted by molar-refractivity contribution is 7.15. The first-order chi connectivity index (χ1) is 13.8. The first-order valence-electron chi connectivity index (χ1n) is 9.09. The molecule has 2 aromatic rings. The summed E-state index contributed by atoms with van der Waals surface area (Å²) in [6.45, 7) is 4.72. The number of aromatic nitrogens is 1. The highest BCUT2D eigenvalue weighted by Gasteiger charge is 2.23. The highest BCUT2D eigenvalue weighted by Crippen LogP contribution is 2.28. The van der Waals surface area contributed by atoms with Crippen LogP contribution in [0.25, 0.3) is 6.08 Å². The van der Waals surface area contributed by atoms with Gasteiger partial charge in [-0.1, -0.05) is 11.3 Å². The summed E-state index contributed by atoms with van der Waals surface area (Å²) in [5.41, 5.74) is 1.62. The number of thiazole rings is 1. The van der Waals surface area contributed by atoms with E-state index in [0.29, 0.717) is 30.2 Å². The Balaban J connectivity index is 1.60. The first-order valence-corrected chi connectivity index (χ1v) is 9.91. The Morgan fingerprint density at radius 1 is 1.31 bits per heavy atom. The molecule has 1 aromatic heterocycles. The molecule has 0 aliphatic carbocycles. The molecule has 9 nitrogen and oxygen atoms in total. The number of carbonyl (C=O) groups excluding carboxylic acids is 2. The third-order valence-corrected chi connectivity index (χ3v) is 5.20. The van der Waals surface area contributed by atoms with E-state index in [1.165, 1.54) is 29.5 Å². The summed E-state index contributed by atoms with van der Waals surface area (Å²) in [6, 6.07) is 5.72. The Kier molecular flexibility index (Phi) is 6.23. The van der Waals surface area contributed by atoms with Crippen molar-refractivity contribution in [3.8, 4) is 0 Å². The van der Waals surface area contributed by atoms with Crippen LogP contribution in [0.5, 0.6) is 0 Å². The van der Waals surface area contributed by atoms with Gasteiger partial charge >= 0.3 is 6.03 Å². The van der Waals surface area contributed by atoms with Crippen molar-refractivity contribution in [2.75, 3.05) is 11.9 Å². The van der Waals surface area contributed by atoms with Crippen LogP contribution in [0.15, 0.2) is 30.3 Å². The number of nitrogens with one attached hydrogen (secondary N) is 2. The van der Waals surface area contributed by atoms with Crippen LogP contribution in [-0.4, -0.2) is 39.3 Å². The number of hydrogen-bond donors (Lipinski definition) is 2. The lowest BCUT2D eigenvalue weighted by Crippen LogP contribution is -2.34. The van der Waals surface area contributed by atoms with E-state index in [2.05, 4.69) is 15.6 Å². The van der Waals surface area contributed by atoms with E-state index < -0.39 is 4.92 Å². The van der Waals surface area contributed by atoms with Gasteiger partial charge in [-0.3, -0.25) is 20.2 Å². The van der Waals surface area contributed by atoms with Crippen LogP contribution in [0, 0.1) is 10.1 Å². The summed E-state index contributed by atoms with van der Waals surface area (Å²) in [5.74, 6) is -0.144. The molecule has 0 unspecified atom stereocenters. The molecule has 0 fully saturated rings. The maximum atomic E-state index is 12.5. The fraction of sp³-hybridized carbons (Fsp3) is 0.316. The van der Waals surface area contributed by atoms with Gasteiger partial charge in [0.1, 0.15) is 0 Å². The number of anilines is 1. The number of nitro groups is 1. The average Bonchev–Trinajstić information content (AvgIpc) is 3.06. The van der Waals surface area contributed by atoms with Crippen molar-refractivity contribution in [3.05, 3.63) is 56.6 Å². The third kappa shape index (κ3) is 5.38. The van der Waals surface area contributed by atoms with Gasteiger partial charge in [0.15, 0.2) is 5.13 Å². The number of urea groups is 1. The molecule has 2 N–H and O–H groups in total. The molecule has 1 aromatic carbocycles. The van der Waals surface area contributed by atoms with Gasteiger partial charge in [0.05, 0.1) is 17.2 Å². The summed E-state index contributed by atoms with van der Waals surface area (Å²) in [4.78, 5) is 41.6. The van der Waals surface area contributed by atoms with Gasteiger partial charge in [-0.15, -0.1) is 0 Å². The van der Waals surface area contributed by atoms with E-state index >= 15 is 0 Å². The second-order valence-electron chi connectivity index (χ2n) is 6.83. The quantitative estimate of drug-likeness (QED) is 0.442. The molecule has 152 valence electrons. The van der Waals surface area contributed by atoms with Crippen molar-refractivity contribution in [3.63, 3.8) is 0 Å². The predicted octanol–water partition coefficient (Wildman–Crippen LogP) is 3.18. The Morgan fingerprint density at radius 3 is 2.69 bits per heavy atom. The number of nitro benzene ring substituents is 1. The van der Waals surface area contributed by atoms with Gasteiger partial charge < -0.3 is 10.2 Å². The molecule has 2 heterocycles. The molecule has 1 aliphatic rings. The topological polar surface area (TPSA) is 117 Å². The van der Waals surface area contributed by atoms with E-state index in [1.54, 1.807) is 23.1 Å². The van der Waals surface area contributed by atoms with Gasteiger partial charge in [0, 0.05) is 42.1 Å². The predicted molar refractivity (Wildman–Crippen MR) is 111 cm³/mol. The smallest absolute Gasteiger partial charge is 0.321 e. The summed E-state index contributed by atoms with van der Waals surface area (Å²) in [6.07, 6.45) is 3.72. The molecule has 1 aliphatic heterocycles.